The summed E-state index contributed by atoms with van der Waals surface area (Å²) in [5, 5.41) is 2.67. The van der Waals surface area contributed by atoms with Crippen molar-refractivity contribution in [2.75, 3.05) is 12.4 Å². The zero-order valence-corrected chi connectivity index (χ0v) is 12.8. The molecule has 2 rings (SSSR count). The van der Waals surface area contributed by atoms with Crippen molar-refractivity contribution in [2.45, 2.75) is 4.90 Å². The highest BCUT2D eigenvalue weighted by molar-refractivity contribution is 7.89. The molecule has 2 aromatic carbocycles. The number of hydrogen-bond donors (Lipinski definition) is 2. The highest BCUT2D eigenvalue weighted by Crippen LogP contribution is 2.13. The first-order chi connectivity index (χ1) is 10.5. The molecule has 0 radical (unpaired) electrons. The molecule has 0 unspecified atom stereocenters. The van der Waals surface area contributed by atoms with Gasteiger partial charge < -0.3 is 5.32 Å². The van der Waals surface area contributed by atoms with Gasteiger partial charge in [-0.2, -0.15) is 0 Å². The Morgan fingerprint density at radius 3 is 2.23 bits per heavy atom. The second kappa shape index (κ2) is 7.02. The number of rotatable bonds is 5. The summed E-state index contributed by atoms with van der Waals surface area (Å²) in [6, 6.07) is 15.4. The van der Waals surface area contributed by atoms with Crippen molar-refractivity contribution in [3.05, 3.63) is 66.2 Å². The van der Waals surface area contributed by atoms with Gasteiger partial charge in [-0.1, -0.05) is 30.3 Å². The van der Waals surface area contributed by atoms with E-state index in [1.807, 2.05) is 30.3 Å². The maximum absolute atomic E-state index is 11.8. The molecule has 114 valence electrons. The Hall–Kier alpha value is -2.44. The molecule has 0 aliphatic rings. The Kier molecular flexibility index (Phi) is 5.08. The third kappa shape index (κ3) is 4.28. The van der Waals surface area contributed by atoms with Gasteiger partial charge in [0.1, 0.15) is 0 Å². The average molecular weight is 316 g/mol. The predicted molar refractivity (Wildman–Crippen MR) is 86.8 cm³/mol. The molecule has 0 aromatic heterocycles. The molecule has 22 heavy (non-hydrogen) atoms. The molecule has 0 saturated carbocycles. The number of carbonyl (C=O) groups is 1. The summed E-state index contributed by atoms with van der Waals surface area (Å²) in [4.78, 5) is 11.9. The van der Waals surface area contributed by atoms with Crippen LogP contribution in [-0.2, 0) is 14.8 Å². The summed E-state index contributed by atoms with van der Waals surface area (Å²) in [6.07, 6.45) is 3.13. The molecule has 0 atom stereocenters. The van der Waals surface area contributed by atoms with Crippen LogP contribution >= 0.6 is 0 Å². The van der Waals surface area contributed by atoms with Crippen molar-refractivity contribution in [3.8, 4) is 0 Å². The van der Waals surface area contributed by atoms with Crippen LogP contribution in [0.4, 0.5) is 5.69 Å². The van der Waals surface area contributed by atoms with Crippen LogP contribution < -0.4 is 10.0 Å². The average Bonchev–Trinajstić information content (AvgIpc) is 2.54. The van der Waals surface area contributed by atoms with E-state index in [1.54, 1.807) is 18.2 Å². The molecule has 5 nitrogen and oxygen atoms in total. The summed E-state index contributed by atoms with van der Waals surface area (Å²) in [7, 11) is -2.12. The van der Waals surface area contributed by atoms with Crippen molar-refractivity contribution in [1.82, 2.24) is 4.72 Å². The van der Waals surface area contributed by atoms with Gasteiger partial charge in [-0.05, 0) is 43.0 Å². The monoisotopic (exact) mass is 316 g/mol. The van der Waals surface area contributed by atoms with E-state index in [0.717, 1.165) is 5.56 Å². The number of amides is 1. The lowest BCUT2D eigenvalue weighted by atomic mass is 10.2. The van der Waals surface area contributed by atoms with Crippen LogP contribution in [0.25, 0.3) is 6.08 Å². The Morgan fingerprint density at radius 2 is 1.64 bits per heavy atom. The number of benzene rings is 2. The fourth-order valence-electron chi connectivity index (χ4n) is 1.76. The van der Waals surface area contributed by atoms with Crippen molar-refractivity contribution in [1.29, 1.82) is 0 Å². The predicted octanol–water partition coefficient (Wildman–Crippen LogP) is 2.25. The van der Waals surface area contributed by atoms with Crippen LogP contribution in [0.15, 0.2) is 65.6 Å². The minimum Gasteiger partial charge on any atom is -0.323 e. The van der Waals surface area contributed by atoms with E-state index in [4.69, 9.17) is 0 Å². The lowest BCUT2D eigenvalue weighted by Crippen LogP contribution is -2.18. The van der Waals surface area contributed by atoms with Crippen molar-refractivity contribution < 1.29 is 13.2 Å². The van der Waals surface area contributed by atoms with Gasteiger partial charge in [-0.15, -0.1) is 0 Å². The summed E-state index contributed by atoms with van der Waals surface area (Å²) in [5.41, 5.74) is 1.45. The van der Waals surface area contributed by atoms with Gasteiger partial charge in [-0.25, -0.2) is 13.1 Å². The maximum Gasteiger partial charge on any atom is 0.248 e. The van der Waals surface area contributed by atoms with Gasteiger partial charge in [0, 0.05) is 11.8 Å². The molecular weight excluding hydrogens is 300 g/mol. The largest absolute Gasteiger partial charge is 0.323 e. The van der Waals surface area contributed by atoms with Crippen LogP contribution in [0.2, 0.25) is 0 Å². The fraction of sp³-hybridized carbons (Fsp3) is 0.0625. The molecule has 0 aliphatic carbocycles. The minimum absolute atomic E-state index is 0.146. The SMILES string of the molecule is CNS(=O)(=O)c1ccc(NC(=O)/C=C/c2ccccc2)cc1. The van der Waals surface area contributed by atoms with E-state index < -0.39 is 10.0 Å². The Labute approximate surface area is 129 Å². The van der Waals surface area contributed by atoms with Crippen LogP contribution in [0, 0.1) is 0 Å². The first-order valence-electron chi connectivity index (χ1n) is 6.59. The molecule has 6 heteroatoms. The van der Waals surface area contributed by atoms with Gasteiger partial charge in [0.25, 0.3) is 0 Å². The normalized spacial score (nSPS) is 11.5. The van der Waals surface area contributed by atoms with E-state index in [-0.39, 0.29) is 10.8 Å². The summed E-state index contributed by atoms with van der Waals surface area (Å²) >= 11 is 0. The lowest BCUT2D eigenvalue weighted by molar-refractivity contribution is -0.111. The molecule has 0 saturated heterocycles. The molecule has 0 fully saturated rings. The molecule has 0 bridgehead atoms. The number of hydrogen-bond acceptors (Lipinski definition) is 3. The van der Waals surface area contributed by atoms with E-state index in [1.165, 1.54) is 25.3 Å². The Bertz CT molecular complexity index is 767. The molecule has 0 aliphatic heterocycles. The lowest BCUT2D eigenvalue weighted by Gasteiger charge is -2.05. The first kappa shape index (κ1) is 15.9. The van der Waals surface area contributed by atoms with Gasteiger partial charge >= 0.3 is 0 Å². The fourth-order valence-corrected chi connectivity index (χ4v) is 2.49. The topological polar surface area (TPSA) is 75.3 Å². The maximum atomic E-state index is 11.8. The second-order valence-corrected chi connectivity index (χ2v) is 6.35. The molecule has 2 aromatic rings. The van der Waals surface area contributed by atoms with Crippen LogP contribution in [-0.4, -0.2) is 21.4 Å². The smallest absolute Gasteiger partial charge is 0.248 e. The van der Waals surface area contributed by atoms with E-state index in [0.29, 0.717) is 5.69 Å². The van der Waals surface area contributed by atoms with Crippen molar-refractivity contribution >= 4 is 27.7 Å². The molecule has 0 heterocycles. The van der Waals surface area contributed by atoms with Crippen LogP contribution in [0.5, 0.6) is 0 Å². The Morgan fingerprint density at radius 1 is 1.00 bits per heavy atom. The van der Waals surface area contributed by atoms with E-state index >= 15 is 0 Å². The molecular formula is C16H16N2O3S. The third-order valence-corrected chi connectivity index (χ3v) is 4.36. The van der Waals surface area contributed by atoms with Gasteiger partial charge in [-0.3, -0.25) is 4.79 Å². The van der Waals surface area contributed by atoms with Crippen molar-refractivity contribution in [3.63, 3.8) is 0 Å². The van der Waals surface area contributed by atoms with Gasteiger partial charge in [0.15, 0.2) is 0 Å². The summed E-state index contributed by atoms with van der Waals surface area (Å²) in [6.45, 7) is 0. The minimum atomic E-state index is -3.47. The van der Waals surface area contributed by atoms with E-state index in [9.17, 15) is 13.2 Å². The number of carbonyl (C=O) groups excluding carboxylic acids is 1. The third-order valence-electron chi connectivity index (χ3n) is 2.93. The zero-order valence-electron chi connectivity index (χ0n) is 12.0. The van der Waals surface area contributed by atoms with Crippen molar-refractivity contribution in [2.24, 2.45) is 0 Å². The highest BCUT2D eigenvalue weighted by atomic mass is 32.2. The first-order valence-corrected chi connectivity index (χ1v) is 8.07. The van der Waals surface area contributed by atoms with Gasteiger partial charge in [0.2, 0.25) is 15.9 Å². The summed E-state index contributed by atoms with van der Waals surface area (Å²) in [5.74, 6) is -0.284. The quantitative estimate of drug-likeness (QED) is 0.831. The van der Waals surface area contributed by atoms with Crippen LogP contribution in [0.3, 0.4) is 0 Å². The number of sulfonamides is 1. The zero-order chi connectivity index (χ0) is 16.0. The second-order valence-electron chi connectivity index (χ2n) is 4.47. The standard InChI is InChI=1S/C16H16N2O3S/c1-17-22(20,21)15-10-8-14(9-11-15)18-16(19)12-7-13-5-3-2-4-6-13/h2-12,17H,1H3,(H,18,19)/b12-7+. The number of anilines is 1. The molecule has 2 N–H and O–H groups in total. The van der Waals surface area contributed by atoms with Gasteiger partial charge in [0.05, 0.1) is 4.90 Å². The Balaban J connectivity index is 2.02. The molecule has 0 spiro atoms. The number of nitrogens with one attached hydrogen (secondary N) is 2. The molecule has 1 amide bonds. The van der Waals surface area contributed by atoms with Crippen LogP contribution in [0.1, 0.15) is 5.56 Å². The summed E-state index contributed by atoms with van der Waals surface area (Å²) < 4.78 is 25.4. The highest BCUT2D eigenvalue weighted by Gasteiger charge is 2.10. The van der Waals surface area contributed by atoms with E-state index in [2.05, 4.69) is 10.0 Å².